The molecule has 0 aliphatic carbocycles. The number of nitrogens with zero attached hydrogens (tertiary/aromatic N) is 2. The number of carbonyl (C=O) groups is 1. The first-order chi connectivity index (χ1) is 9.72. The standard InChI is InChI=1S/C14H10N4O2/c19-12-6-8-1-2-9(5-10(8)17-12)11-7-16-13-14(20)15-3-4-18(11)13/h1-5,7H,6H2,(H,15,20)(H,17,19). The molecule has 0 spiro atoms. The summed E-state index contributed by atoms with van der Waals surface area (Å²) >= 11 is 0. The topological polar surface area (TPSA) is 79.3 Å². The molecule has 6 nitrogen and oxygen atoms in total. The molecule has 1 aromatic carbocycles. The number of rotatable bonds is 1. The summed E-state index contributed by atoms with van der Waals surface area (Å²) in [5.74, 6) is 0.00624. The largest absolute Gasteiger partial charge is 0.326 e. The van der Waals surface area contributed by atoms with Gasteiger partial charge >= 0.3 is 0 Å². The lowest BCUT2D eigenvalue weighted by Gasteiger charge is -2.04. The fourth-order valence-corrected chi connectivity index (χ4v) is 2.52. The van der Waals surface area contributed by atoms with Gasteiger partial charge in [-0.15, -0.1) is 0 Å². The van der Waals surface area contributed by atoms with Crippen LogP contribution in [-0.2, 0) is 11.2 Å². The maximum absolute atomic E-state index is 11.7. The summed E-state index contributed by atoms with van der Waals surface area (Å²) in [6, 6.07) is 5.77. The SMILES string of the molecule is O=C1Cc2ccc(-c3cnc4c(=O)[nH]ccn34)cc2N1. The van der Waals surface area contributed by atoms with E-state index in [1.165, 1.54) is 0 Å². The molecular weight excluding hydrogens is 256 g/mol. The van der Waals surface area contributed by atoms with Crippen molar-refractivity contribution < 1.29 is 4.79 Å². The first kappa shape index (κ1) is 11.0. The molecule has 4 rings (SSSR count). The number of anilines is 1. The van der Waals surface area contributed by atoms with Crippen molar-refractivity contribution in [1.29, 1.82) is 0 Å². The first-order valence-corrected chi connectivity index (χ1v) is 6.20. The van der Waals surface area contributed by atoms with E-state index in [0.29, 0.717) is 12.1 Å². The molecule has 3 aromatic rings. The zero-order valence-corrected chi connectivity index (χ0v) is 10.4. The van der Waals surface area contributed by atoms with Gasteiger partial charge in [0.2, 0.25) is 11.6 Å². The number of carbonyl (C=O) groups excluding carboxylic acids is 1. The molecule has 1 amide bonds. The second-order valence-corrected chi connectivity index (χ2v) is 4.72. The zero-order chi connectivity index (χ0) is 13.7. The van der Waals surface area contributed by atoms with Gasteiger partial charge in [0.1, 0.15) is 0 Å². The normalized spacial score (nSPS) is 13.5. The molecule has 2 N–H and O–H groups in total. The van der Waals surface area contributed by atoms with E-state index in [1.54, 1.807) is 23.0 Å². The van der Waals surface area contributed by atoms with Crippen molar-refractivity contribution in [3.8, 4) is 11.3 Å². The number of nitrogens with one attached hydrogen (secondary N) is 2. The second-order valence-electron chi connectivity index (χ2n) is 4.72. The van der Waals surface area contributed by atoms with E-state index in [-0.39, 0.29) is 11.5 Å². The minimum Gasteiger partial charge on any atom is -0.326 e. The van der Waals surface area contributed by atoms with Gasteiger partial charge in [-0.05, 0) is 11.6 Å². The van der Waals surface area contributed by atoms with Gasteiger partial charge in [-0.25, -0.2) is 4.98 Å². The van der Waals surface area contributed by atoms with Crippen LogP contribution in [0.2, 0.25) is 0 Å². The Kier molecular flexibility index (Phi) is 2.09. The Balaban J connectivity index is 1.92. The first-order valence-electron chi connectivity index (χ1n) is 6.20. The van der Waals surface area contributed by atoms with Crippen molar-refractivity contribution in [2.45, 2.75) is 6.42 Å². The Morgan fingerprint density at radius 1 is 1.25 bits per heavy atom. The quantitative estimate of drug-likeness (QED) is 0.694. The average molecular weight is 266 g/mol. The van der Waals surface area contributed by atoms with Crippen LogP contribution < -0.4 is 10.9 Å². The van der Waals surface area contributed by atoms with E-state index >= 15 is 0 Å². The van der Waals surface area contributed by atoms with Crippen LogP contribution in [0.25, 0.3) is 16.9 Å². The van der Waals surface area contributed by atoms with Gasteiger partial charge in [0.25, 0.3) is 5.56 Å². The Morgan fingerprint density at radius 3 is 3.05 bits per heavy atom. The highest BCUT2D eigenvalue weighted by Crippen LogP contribution is 2.29. The molecular formula is C14H10N4O2. The Bertz CT molecular complexity index is 907. The Morgan fingerprint density at radius 2 is 2.15 bits per heavy atom. The van der Waals surface area contributed by atoms with E-state index in [1.807, 2.05) is 18.2 Å². The number of fused-ring (bicyclic) bond motifs is 2. The van der Waals surface area contributed by atoms with Crippen molar-refractivity contribution in [1.82, 2.24) is 14.4 Å². The third kappa shape index (κ3) is 1.48. The molecule has 6 heteroatoms. The highest BCUT2D eigenvalue weighted by molar-refractivity contribution is 5.99. The van der Waals surface area contributed by atoms with Crippen LogP contribution in [-0.4, -0.2) is 20.3 Å². The second kappa shape index (κ2) is 3.80. The highest BCUT2D eigenvalue weighted by atomic mass is 16.1. The van der Waals surface area contributed by atoms with Crippen LogP contribution in [0.5, 0.6) is 0 Å². The lowest BCUT2D eigenvalue weighted by molar-refractivity contribution is -0.115. The molecule has 0 atom stereocenters. The van der Waals surface area contributed by atoms with E-state index in [4.69, 9.17) is 0 Å². The molecule has 1 aliphatic rings. The lowest BCUT2D eigenvalue weighted by Crippen LogP contribution is -2.08. The highest BCUT2D eigenvalue weighted by Gasteiger charge is 2.18. The number of aromatic nitrogens is 3. The molecule has 0 radical (unpaired) electrons. The smallest absolute Gasteiger partial charge is 0.291 e. The van der Waals surface area contributed by atoms with Gasteiger partial charge in [-0.2, -0.15) is 0 Å². The molecule has 2 aromatic heterocycles. The van der Waals surface area contributed by atoms with Crippen LogP contribution >= 0.6 is 0 Å². The molecule has 0 saturated heterocycles. The predicted octanol–water partition coefficient (Wildman–Crippen LogP) is 1.18. The molecule has 0 bridgehead atoms. The van der Waals surface area contributed by atoms with Crippen molar-refractivity contribution in [3.63, 3.8) is 0 Å². The van der Waals surface area contributed by atoms with Crippen LogP contribution in [0.15, 0.2) is 41.6 Å². The Labute approximate surface area is 113 Å². The number of H-pyrrole nitrogens is 1. The van der Waals surface area contributed by atoms with E-state index in [0.717, 1.165) is 22.5 Å². The van der Waals surface area contributed by atoms with Gasteiger partial charge in [-0.3, -0.25) is 14.0 Å². The summed E-state index contributed by atoms with van der Waals surface area (Å²) in [7, 11) is 0. The monoisotopic (exact) mass is 266 g/mol. The number of amides is 1. The van der Waals surface area contributed by atoms with Gasteiger partial charge < -0.3 is 10.3 Å². The molecule has 20 heavy (non-hydrogen) atoms. The van der Waals surface area contributed by atoms with Crippen molar-refractivity contribution >= 4 is 17.2 Å². The van der Waals surface area contributed by atoms with Crippen LogP contribution in [0.3, 0.4) is 0 Å². The number of aromatic amines is 1. The summed E-state index contributed by atoms with van der Waals surface area (Å²) in [5.41, 5.74) is 3.66. The predicted molar refractivity (Wildman–Crippen MR) is 73.6 cm³/mol. The average Bonchev–Trinajstić information content (AvgIpc) is 3.00. The molecule has 3 heterocycles. The van der Waals surface area contributed by atoms with E-state index in [9.17, 15) is 9.59 Å². The summed E-state index contributed by atoms with van der Waals surface area (Å²) in [6.07, 6.45) is 5.41. The van der Waals surface area contributed by atoms with E-state index in [2.05, 4.69) is 15.3 Å². The summed E-state index contributed by atoms with van der Waals surface area (Å²) < 4.78 is 1.73. The minimum atomic E-state index is -0.229. The van der Waals surface area contributed by atoms with Crippen molar-refractivity contribution in [3.05, 3.63) is 52.7 Å². The molecule has 0 fully saturated rings. The summed E-state index contributed by atoms with van der Waals surface area (Å²) in [5, 5.41) is 2.82. The third-order valence-electron chi connectivity index (χ3n) is 3.47. The van der Waals surface area contributed by atoms with Crippen LogP contribution in [0.1, 0.15) is 5.56 Å². The Hall–Kier alpha value is -2.89. The maximum Gasteiger partial charge on any atom is 0.291 e. The number of hydrogen-bond acceptors (Lipinski definition) is 3. The third-order valence-corrected chi connectivity index (χ3v) is 3.47. The van der Waals surface area contributed by atoms with Gasteiger partial charge in [0.15, 0.2) is 0 Å². The van der Waals surface area contributed by atoms with E-state index < -0.39 is 0 Å². The molecule has 0 saturated carbocycles. The van der Waals surface area contributed by atoms with Crippen molar-refractivity contribution in [2.75, 3.05) is 5.32 Å². The molecule has 0 unspecified atom stereocenters. The molecule has 1 aliphatic heterocycles. The van der Waals surface area contributed by atoms with Crippen molar-refractivity contribution in [2.24, 2.45) is 0 Å². The molecule has 98 valence electrons. The maximum atomic E-state index is 11.7. The van der Waals surface area contributed by atoms with Crippen LogP contribution in [0.4, 0.5) is 5.69 Å². The fourth-order valence-electron chi connectivity index (χ4n) is 2.52. The lowest BCUT2D eigenvalue weighted by atomic mass is 10.1. The zero-order valence-electron chi connectivity index (χ0n) is 10.4. The minimum absolute atomic E-state index is 0.00624. The van der Waals surface area contributed by atoms with Gasteiger partial charge in [-0.1, -0.05) is 12.1 Å². The fraction of sp³-hybridized carbons (Fsp3) is 0.0714. The number of benzene rings is 1. The van der Waals surface area contributed by atoms with Gasteiger partial charge in [0.05, 0.1) is 18.3 Å². The van der Waals surface area contributed by atoms with Gasteiger partial charge in [0, 0.05) is 23.6 Å². The summed E-state index contributed by atoms with van der Waals surface area (Å²) in [6.45, 7) is 0. The number of hydrogen-bond donors (Lipinski definition) is 2. The number of imidazole rings is 1. The van der Waals surface area contributed by atoms with Crippen LogP contribution in [0, 0.1) is 0 Å². The summed E-state index contributed by atoms with van der Waals surface area (Å²) in [4.78, 5) is 29.8.